The highest BCUT2D eigenvalue weighted by Crippen LogP contribution is 2.13. The van der Waals surface area contributed by atoms with E-state index in [4.69, 9.17) is 17.2 Å². The SMILES string of the molecule is CC(C)CC(N)C(=O)NC(CCCCN)C(=O)NC(Cc1ccc(O)cc1)C(=O)NC(CC(N)=O)C(=O)O. The number of amides is 4. The summed E-state index contributed by atoms with van der Waals surface area (Å²) in [5.74, 6) is -4.32. The van der Waals surface area contributed by atoms with Gasteiger partial charge in [-0.1, -0.05) is 26.0 Å². The van der Waals surface area contributed by atoms with E-state index in [0.29, 0.717) is 31.4 Å². The van der Waals surface area contributed by atoms with Crippen LogP contribution in [0, 0.1) is 5.92 Å². The second kappa shape index (κ2) is 16.2. The average molecular weight is 537 g/mol. The smallest absolute Gasteiger partial charge is 0.326 e. The van der Waals surface area contributed by atoms with E-state index in [2.05, 4.69) is 16.0 Å². The first-order chi connectivity index (χ1) is 17.8. The number of phenolic OH excluding ortho intramolecular Hbond substituents is 1. The molecule has 0 aliphatic carbocycles. The molecule has 0 saturated heterocycles. The highest BCUT2D eigenvalue weighted by Gasteiger charge is 2.31. The number of hydrogen-bond donors (Lipinski definition) is 8. The van der Waals surface area contributed by atoms with Crippen molar-refractivity contribution < 1.29 is 34.2 Å². The van der Waals surface area contributed by atoms with Crippen molar-refractivity contribution in [1.82, 2.24) is 16.0 Å². The Morgan fingerprint density at radius 3 is 1.95 bits per heavy atom. The van der Waals surface area contributed by atoms with Crippen LogP contribution < -0.4 is 33.2 Å². The van der Waals surface area contributed by atoms with Crippen molar-refractivity contribution in [2.75, 3.05) is 6.54 Å². The van der Waals surface area contributed by atoms with E-state index in [1.54, 1.807) is 0 Å². The third-order valence-corrected chi connectivity index (χ3v) is 5.67. The molecule has 4 amide bonds. The molecule has 0 saturated carbocycles. The van der Waals surface area contributed by atoms with E-state index in [0.717, 1.165) is 0 Å². The molecule has 1 rings (SSSR count). The lowest BCUT2D eigenvalue weighted by molar-refractivity contribution is -0.143. The standard InChI is InChI=1S/C25H40N6O7/c1-14(2)11-17(27)22(34)29-18(5-3-4-10-26)23(35)30-19(12-15-6-8-16(32)9-7-15)24(36)31-20(25(37)38)13-21(28)33/h6-9,14,17-20,32H,3-5,10-13,26-27H2,1-2H3,(H2,28,33)(H,29,34)(H,30,35)(H,31,36)(H,37,38). The van der Waals surface area contributed by atoms with Crippen LogP contribution in [0.1, 0.15) is 51.5 Å². The molecule has 11 N–H and O–H groups in total. The number of rotatable bonds is 17. The fourth-order valence-corrected chi connectivity index (χ4v) is 3.68. The molecule has 0 fully saturated rings. The number of carbonyl (C=O) groups is 5. The first kappa shape index (κ1) is 32.3. The van der Waals surface area contributed by atoms with Crippen molar-refractivity contribution in [2.24, 2.45) is 23.1 Å². The number of primary amides is 1. The van der Waals surface area contributed by atoms with E-state index >= 15 is 0 Å². The summed E-state index contributed by atoms with van der Waals surface area (Å²) in [6, 6.07) is 1.12. The zero-order valence-corrected chi connectivity index (χ0v) is 21.8. The third kappa shape index (κ3) is 12.0. The minimum Gasteiger partial charge on any atom is -0.508 e. The summed E-state index contributed by atoms with van der Waals surface area (Å²) in [4.78, 5) is 61.8. The van der Waals surface area contributed by atoms with Gasteiger partial charge in [-0.2, -0.15) is 0 Å². The number of carboxylic acids is 1. The fraction of sp³-hybridized carbons (Fsp3) is 0.560. The molecule has 1 aromatic rings. The van der Waals surface area contributed by atoms with Gasteiger partial charge in [-0.05, 0) is 55.8 Å². The molecule has 0 aromatic heterocycles. The van der Waals surface area contributed by atoms with Crippen LogP contribution in [0.5, 0.6) is 5.75 Å². The Morgan fingerprint density at radius 2 is 1.42 bits per heavy atom. The first-order valence-corrected chi connectivity index (χ1v) is 12.5. The van der Waals surface area contributed by atoms with Crippen LogP contribution in [0.25, 0.3) is 0 Å². The summed E-state index contributed by atoms with van der Waals surface area (Å²) in [5, 5.41) is 26.4. The van der Waals surface area contributed by atoms with Crippen molar-refractivity contribution in [3.05, 3.63) is 29.8 Å². The second-order valence-electron chi connectivity index (χ2n) is 9.58. The fourth-order valence-electron chi connectivity index (χ4n) is 3.68. The van der Waals surface area contributed by atoms with Gasteiger partial charge in [0.05, 0.1) is 12.5 Å². The molecule has 0 radical (unpaired) electrons. The molecular formula is C25H40N6O7. The summed E-state index contributed by atoms with van der Waals surface area (Å²) in [7, 11) is 0. The molecule has 0 aliphatic heterocycles. The van der Waals surface area contributed by atoms with E-state index in [1.165, 1.54) is 24.3 Å². The normalized spacial score (nSPS) is 14.1. The summed E-state index contributed by atoms with van der Waals surface area (Å²) < 4.78 is 0. The molecule has 13 nitrogen and oxygen atoms in total. The molecule has 4 atom stereocenters. The highest BCUT2D eigenvalue weighted by molar-refractivity contribution is 5.95. The molecule has 1 aromatic carbocycles. The Labute approximate surface area is 221 Å². The van der Waals surface area contributed by atoms with E-state index in [-0.39, 0.29) is 24.5 Å². The predicted molar refractivity (Wildman–Crippen MR) is 139 cm³/mol. The van der Waals surface area contributed by atoms with Gasteiger partial charge in [0.2, 0.25) is 23.6 Å². The van der Waals surface area contributed by atoms with E-state index in [1.807, 2.05) is 13.8 Å². The van der Waals surface area contributed by atoms with Crippen molar-refractivity contribution in [3.8, 4) is 5.75 Å². The molecule has 212 valence electrons. The Kier molecular flexibility index (Phi) is 13.8. The summed E-state index contributed by atoms with van der Waals surface area (Å²) in [5.41, 5.74) is 17.2. The van der Waals surface area contributed by atoms with Crippen LogP contribution in [0.3, 0.4) is 0 Å². The van der Waals surface area contributed by atoms with Gasteiger partial charge in [0.1, 0.15) is 23.9 Å². The molecular weight excluding hydrogens is 496 g/mol. The first-order valence-electron chi connectivity index (χ1n) is 12.5. The zero-order chi connectivity index (χ0) is 28.8. The summed E-state index contributed by atoms with van der Waals surface area (Å²) >= 11 is 0. The second-order valence-corrected chi connectivity index (χ2v) is 9.58. The molecule has 4 unspecified atom stereocenters. The van der Waals surface area contributed by atoms with Gasteiger partial charge < -0.3 is 43.4 Å². The van der Waals surface area contributed by atoms with E-state index in [9.17, 15) is 34.2 Å². The van der Waals surface area contributed by atoms with Gasteiger partial charge in [0, 0.05) is 6.42 Å². The lowest BCUT2D eigenvalue weighted by Crippen LogP contribution is -2.58. The van der Waals surface area contributed by atoms with Gasteiger partial charge >= 0.3 is 5.97 Å². The third-order valence-electron chi connectivity index (χ3n) is 5.67. The number of nitrogens with one attached hydrogen (secondary N) is 3. The minimum absolute atomic E-state index is 0.00777. The lowest BCUT2D eigenvalue weighted by atomic mass is 10.0. The number of phenols is 1. The molecule has 13 heteroatoms. The minimum atomic E-state index is -1.60. The molecule has 0 bridgehead atoms. The van der Waals surface area contributed by atoms with Gasteiger partial charge in [0.25, 0.3) is 0 Å². The number of nitrogens with two attached hydrogens (primary N) is 3. The van der Waals surface area contributed by atoms with Crippen molar-refractivity contribution >= 4 is 29.6 Å². The van der Waals surface area contributed by atoms with Gasteiger partial charge in [-0.3, -0.25) is 19.2 Å². The number of aromatic hydroxyl groups is 1. The molecule has 0 aliphatic rings. The van der Waals surface area contributed by atoms with Crippen molar-refractivity contribution in [3.63, 3.8) is 0 Å². The maximum Gasteiger partial charge on any atom is 0.326 e. The maximum atomic E-state index is 13.3. The van der Waals surface area contributed by atoms with Gasteiger partial charge in [-0.15, -0.1) is 0 Å². The molecule has 38 heavy (non-hydrogen) atoms. The van der Waals surface area contributed by atoms with Crippen molar-refractivity contribution in [2.45, 2.75) is 76.5 Å². The number of carbonyl (C=O) groups excluding carboxylic acids is 4. The quantitative estimate of drug-likeness (QED) is 0.112. The van der Waals surface area contributed by atoms with Crippen LogP contribution in [-0.2, 0) is 30.4 Å². The largest absolute Gasteiger partial charge is 0.508 e. The zero-order valence-electron chi connectivity index (χ0n) is 21.8. The van der Waals surface area contributed by atoms with Crippen LogP contribution in [0.15, 0.2) is 24.3 Å². The Hall–Kier alpha value is -3.71. The number of aliphatic carboxylic acids is 1. The number of hydrogen-bond acceptors (Lipinski definition) is 8. The van der Waals surface area contributed by atoms with Crippen LogP contribution >= 0.6 is 0 Å². The average Bonchev–Trinajstić information content (AvgIpc) is 2.82. The van der Waals surface area contributed by atoms with Crippen LogP contribution in [-0.4, -0.2) is 70.5 Å². The monoisotopic (exact) mass is 536 g/mol. The summed E-state index contributed by atoms with van der Waals surface area (Å²) in [6.07, 6.45) is 1.04. The Balaban J connectivity index is 3.16. The van der Waals surface area contributed by atoms with Crippen LogP contribution in [0.2, 0.25) is 0 Å². The summed E-state index contributed by atoms with van der Waals surface area (Å²) in [6.45, 7) is 4.21. The number of benzene rings is 1. The van der Waals surface area contributed by atoms with Gasteiger partial charge in [-0.25, -0.2) is 4.79 Å². The molecule has 0 spiro atoms. The molecule has 0 heterocycles. The van der Waals surface area contributed by atoms with E-state index < -0.39 is 60.2 Å². The van der Waals surface area contributed by atoms with Crippen LogP contribution in [0.4, 0.5) is 0 Å². The lowest BCUT2D eigenvalue weighted by Gasteiger charge is -2.25. The van der Waals surface area contributed by atoms with Crippen molar-refractivity contribution in [1.29, 1.82) is 0 Å². The number of carboxylic acid groups (broad SMARTS) is 1. The Bertz CT molecular complexity index is 954. The topological polar surface area (TPSA) is 240 Å². The highest BCUT2D eigenvalue weighted by atomic mass is 16.4. The maximum absolute atomic E-state index is 13.3. The number of unbranched alkanes of at least 4 members (excludes halogenated alkanes) is 1. The predicted octanol–water partition coefficient (Wildman–Crippen LogP) is -1.15. The Morgan fingerprint density at radius 1 is 0.868 bits per heavy atom. The van der Waals surface area contributed by atoms with Gasteiger partial charge in [0.15, 0.2) is 0 Å².